The summed E-state index contributed by atoms with van der Waals surface area (Å²) in [6.07, 6.45) is 2.50. The number of carbonyl (C=O) groups excluding carboxylic acids is 1. The van der Waals surface area contributed by atoms with Crippen LogP contribution < -0.4 is 4.74 Å². The van der Waals surface area contributed by atoms with E-state index in [2.05, 4.69) is 0 Å². The Balaban J connectivity index is 2.86. The van der Waals surface area contributed by atoms with E-state index in [4.69, 9.17) is 9.47 Å². The van der Waals surface area contributed by atoms with Gasteiger partial charge in [-0.25, -0.2) is 4.79 Å². The highest BCUT2D eigenvalue weighted by molar-refractivity contribution is 5.93. The number of methoxy groups -OCH3 is 1. The lowest BCUT2D eigenvalue weighted by Crippen LogP contribution is -2.06. The maximum Gasteiger partial charge on any atom is 0.333 e. The van der Waals surface area contributed by atoms with Crippen LogP contribution in [0.5, 0.6) is 5.75 Å². The molecule has 0 saturated heterocycles. The van der Waals surface area contributed by atoms with Gasteiger partial charge in [-0.2, -0.15) is 0 Å². The molecule has 0 aliphatic rings. The third kappa shape index (κ3) is 3.94. The first-order valence-corrected chi connectivity index (χ1v) is 5.73. The van der Waals surface area contributed by atoms with Crippen LogP contribution in [0.4, 0.5) is 0 Å². The first-order valence-electron chi connectivity index (χ1n) is 5.73. The van der Waals surface area contributed by atoms with Crippen molar-refractivity contribution in [1.82, 2.24) is 0 Å². The monoisotopic (exact) mass is 234 g/mol. The molecule has 92 valence electrons. The Hall–Kier alpha value is -1.77. The number of rotatable bonds is 5. The van der Waals surface area contributed by atoms with Gasteiger partial charge in [0.1, 0.15) is 5.75 Å². The lowest BCUT2D eigenvalue weighted by molar-refractivity contribution is -0.138. The van der Waals surface area contributed by atoms with E-state index >= 15 is 0 Å². The van der Waals surface area contributed by atoms with Crippen LogP contribution in [0.3, 0.4) is 0 Å². The van der Waals surface area contributed by atoms with Gasteiger partial charge >= 0.3 is 5.97 Å². The molecule has 1 aromatic carbocycles. The number of esters is 1. The number of hydrogen-bond acceptors (Lipinski definition) is 3. The third-order valence-corrected chi connectivity index (χ3v) is 2.38. The molecule has 0 radical (unpaired) electrons. The van der Waals surface area contributed by atoms with E-state index in [1.165, 1.54) is 0 Å². The fourth-order valence-electron chi connectivity index (χ4n) is 1.43. The highest BCUT2D eigenvalue weighted by atomic mass is 16.5. The molecule has 0 unspecified atom stereocenters. The zero-order valence-electron chi connectivity index (χ0n) is 10.5. The molecule has 0 saturated carbocycles. The second-order valence-electron chi connectivity index (χ2n) is 3.52. The molecule has 17 heavy (non-hydrogen) atoms. The van der Waals surface area contributed by atoms with Crippen LogP contribution in [0.15, 0.2) is 29.8 Å². The van der Waals surface area contributed by atoms with E-state index in [0.717, 1.165) is 11.3 Å². The van der Waals surface area contributed by atoms with Gasteiger partial charge in [-0.3, -0.25) is 0 Å². The number of carbonyl (C=O) groups is 1. The molecule has 0 atom stereocenters. The van der Waals surface area contributed by atoms with Crippen molar-refractivity contribution >= 4 is 12.0 Å². The van der Waals surface area contributed by atoms with Crippen molar-refractivity contribution in [2.24, 2.45) is 0 Å². The predicted molar refractivity (Wildman–Crippen MR) is 67.9 cm³/mol. The summed E-state index contributed by atoms with van der Waals surface area (Å²) in [6.45, 7) is 4.14. The quantitative estimate of drug-likeness (QED) is 0.580. The maximum absolute atomic E-state index is 11.6. The van der Waals surface area contributed by atoms with Gasteiger partial charge in [0, 0.05) is 5.57 Å². The van der Waals surface area contributed by atoms with Crippen molar-refractivity contribution in [3.8, 4) is 5.75 Å². The van der Waals surface area contributed by atoms with Crippen LogP contribution in [0.25, 0.3) is 6.08 Å². The SMILES string of the molecule is CCOC(=O)/C(=C\c1ccc(OC)cc1)CC. The van der Waals surface area contributed by atoms with Crippen molar-refractivity contribution in [2.45, 2.75) is 20.3 Å². The summed E-state index contributed by atoms with van der Waals surface area (Å²) < 4.78 is 10.1. The average molecular weight is 234 g/mol. The summed E-state index contributed by atoms with van der Waals surface area (Å²) in [5, 5.41) is 0. The Morgan fingerprint density at radius 3 is 2.35 bits per heavy atom. The van der Waals surface area contributed by atoms with E-state index in [0.29, 0.717) is 18.6 Å². The van der Waals surface area contributed by atoms with Gasteiger partial charge in [0.2, 0.25) is 0 Å². The minimum absolute atomic E-state index is 0.245. The van der Waals surface area contributed by atoms with Crippen molar-refractivity contribution in [3.05, 3.63) is 35.4 Å². The minimum Gasteiger partial charge on any atom is -0.497 e. The Morgan fingerprint density at radius 2 is 1.88 bits per heavy atom. The largest absolute Gasteiger partial charge is 0.497 e. The van der Waals surface area contributed by atoms with Gasteiger partial charge < -0.3 is 9.47 Å². The topological polar surface area (TPSA) is 35.5 Å². The molecule has 0 heterocycles. The zero-order valence-corrected chi connectivity index (χ0v) is 10.5. The maximum atomic E-state index is 11.6. The molecule has 0 aromatic heterocycles. The molecule has 1 rings (SSSR count). The van der Waals surface area contributed by atoms with Crippen LogP contribution in [0.1, 0.15) is 25.8 Å². The van der Waals surface area contributed by atoms with Gasteiger partial charge in [-0.05, 0) is 37.1 Å². The highest BCUT2D eigenvalue weighted by Gasteiger charge is 2.07. The molecule has 0 spiro atoms. The van der Waals surface area contributed by atoms with E-state index in [1.807, 2.05) is 37.3 Å². The number of ether oxygens (including phenoxy) is 2. The van der Waals surface area contributed by atoms with Gasteiger partial charge in [0.05, 0.1) is 13.7 Å². The van der Waals surface area contributed by atoms with Crippen LogP contribution in [0, 0.1) is 0 Å². The molecule has 1 aromatic rings. The standard InChI is InChI=1S/C14H18O3/c1-4-12(14(15)17-5-2)10-11-6-8-13(16-3)9-7-11/h6-10H,4-5H2,1-3H3/b12-10-. The Kier molecular flexibility index (Phi) is 5.27. The predicted octanol–water partition coefficient (Wildman–Crippen LogP) is 3.05. The summed E-state index contributed by atoms with van der Waals surface area (Å²) in [6, 6.07) is 7.55. The Bertz CT molecular complexity index is 390. The second-order valence-corrected chi connectivity index (χ2v) is 3.52. The summed E-state index contributed by atoms with van der Waals surface area (Å²) >= 11 is 0. The van der Waals surface area contributed by atoms with Crippen molar-refractivity contribution in [1.29, 1.82) is 0 Å². The lowest BCUT2D eigenvalue weighted by Gasteiger charge is -2.05. The summed E-state index contributed by atoms with van der Waals surface area (Å²) in [4.78, 5) is 11.6. The fraction of sp³-hybridized carbons (Fsp3) is 0.357. The first kappa shape index (κ1) is 13.3. The van der Waals surface area contributed by atoms with Crippen molar-refractivity contribution in [3.63, 3.8) is 0 Å². The minimum atomic E-state index is -0.245. The smallest absolute Gasteiger partial charge is 0.333 e. The molecule has 0 bridgehead atoms. The summed E-state index contributed by atoms with van der Waals surface area (Å²) in [7, 11) is 1.63. The van der Waals surface area contributed by atoms with Crippen molar-refractivity contribution in [2.75, 3.05) is 13.7 Å². The van der Waals surface area contributed by atoms with Gasteiger partial charge in [-0.15, -0.1) is 0 Å². The Morgan fingerprint density at radius 1 is 1.24 bits per heavy atom. The molecule has 0 fully saturated rings. The van der Waals surface area contributed by atoms with Crippen LogP contribution >= 0.6 is 0 Å². The third-order valence-electron chi connectivity index (χ3n) is 2.38. The van der Waals surface area contributed by atoms with E-state index in [1.54, 1.807) is 14.0 Å². The van der Waals surface area contributed by atoms with Gasteiger partial charge in [0.25, 0.3) is 0 Å². The molecule has 3 nitrogen and oxygen atoms in total. The molecule has 0 aliphatic carbocycles. The summed E-state index contributed by atoms with van der Waals surface area (Å²) in [5.41, 5.74) is 1.65. The number of benzene rings is 1. The average Bonchev–Trinajstić information content (AvgIpc) is 2.37. The van der Waals surface area contributed by atoms with E-state index < -0.39 is 0 Å². The normalized spacial score (nSPS) is 11.1. The molecule has 0 aliphatic heterocycles. The van der Waals surface area contributed by atoms with Gasteiger partial charge in [0.15, 0.2) is 0 Å². The molecule has 0 N–H and O–H groups in total. The highest BCUT2D eigenvalue weighted by Crippen LogP contribution is 2.15. The second kappa shape index (κ2) is 6.74. The zero-order chi connectivity index (χ0) is 12.7. The van der Waals surface area contributed by atoms with E-state index in [9.17, 15) is 4.79 Å². The molecular weight excluding hydrogens is 216 g/mol. The van der Waals surface area contributed by atoms with Crippen LogP contribution in [-0.4, -0.2) is 19.7 Å². The van der Waals surface area contributed by atoms with Crippen LogP contribution in [0.2, 0.25) is 0 Å². The Labute approximate surface area is 102 Å². The lowest BCUT2D eigenvalue weighted by atomic mass is 10.1. The molecular formula is C14H18O3. The van der Waals surface area contributed by atoms with Gasteiger partial charge in [-0.1, -0.05) is 19.1 Å². The van der Waals surface area contributed by atoms with Crippen molar-refractivity contribution < 1.29 is 14.3 Å². The molecule has 3 heteroatoms. The summed E-state index contributed by atoms with van der Waals surface area (Å²) in [5.74, 6) is 0.558. The first-order chi connectivity index (χ1) is 8.21. The number of hydrogen-bond donors (Lipinski definition) is 0. The molecule has 0 amide bonds. The van der Waals surface area contributed by atoms with E-state index in [-0.39, 0.29) is 5.97 Å². The fourth-order valence-corrected chi connectivity index (χ4v) is 1.43. The van der Waals surface area contributed by atoms with Crippen LogP contribution in [-0.2, 0) is 9.53 Å².